The molecule has 0 bridgehead atoms. The van der Waals surface area contributed by atoms with E-state index in [0.29, 0.717) is 24.5 Å². The van der Waals surface area contributed by atoms with Gasteiger partial charge in [0.15, 0.2) is 0 Å². The number of benzene rings is 2. The Morgan fingerprint density at radius 1 is 1.00 bits per heavy atom. The second-order valence-corrected chi connectivity index (χ2v) is 7.55. The molecule has 1 aliphatic rings. The van der Waals surface area contributed by atoms with Crippen LogP contribution in [0.25, 0.3) is 5.76 Å². The standard InChI is InChI=1S/C25H30N2O4/c1-4-26(5-2)16-17-27-22(18-10-8-7-9-11-18)21(24(29)25(27)30)23(28)19-12-14-20(15-13-19)31-6-3/h7-15,22,28H,4-6,16-17H2,1-3H3. The molecule has 3 rings (SSSR count). The Bertz CT molecular complexity index is 934. The number of quaternary nitrogens is 1. The minimum atomic E-state index is -0.706. The number of ketones is 1. The van der Waals surface area contributed by atoms with Crippen molar-refractivity contribution in [3.63, 3.8) is 0 Å². The summed E-state index contributed by atoms with van der Waals surface area (Å²) in [5.74, 6) is -1.06. The third-order valence-corrected chi connectivity index (χ3v) is 5.78. The highest BCUT2D eigenvalue weighted by molar-refractivity contribution is 6.46. The maximum Gasteiger partial charge on any atom is 0.295 e. The quantitative estimate of drug-likeness (QED) is 0.375. The number of hydrogen-bond donors (Lipinski definition) is 1. The zero-order valence-corrected chi connectivity index (χ0v) is 18.4. The predicted molar refractivity (Wildman–Crippen MR) is 117 cm³/mol. The molecule has 0 spiro atoms. The Hall–Kier alpha value is -3.12. The lowest BCUT2D eigenvalue weighted by molar-refractivity contribution is -0.895. The molecule has 1 fully saturated rings. The fourth-order valence-corrected chi connectivity index (χ4v) is 3.99. The first kappa shape index (κ1) is 22.6. The molecule has 1 unspecified atom stereocenters. The van der Waals surface area contributed by atoms with Gasteiger partial charge in [-0.3, -0.25) is 9.59 Å². The van der Waals surface area contributed by atoms with E-state index in [4.69, 9.17) is 4.74 Å². The molecule has 0 aliphatic carbocycles. The van der Waals surface area contributed by atoms with Gasteiger partial charge in [-0.05, 0) is 44.0 Å². The van der Waals surface area contributed by atoms with Crippen LogP contribution in [-0.2, 0) is 9.59 Å². The molecule has 1 N–H and O–H groups in total. The van der Waals surface area contributed by atoms with Gasteiger partial charge in [0.05, 0.1) is 38.8 Å². The number of likely N-dealkylation sites (tertiary alicyclic amines) is 1. The lowest BCUT2D eigenvalue weighted by Crippen LogP contribution is -3.12. The summed E-state index contributed by atoms with van der Waals surface area (Å²) in [6.07, 6.45) is 0. The summed E-state index contributed by atoms with van der Waals surface area (Å²) in [6, 6.07) is 15.3. The summed E-state index contributed by atoms with van der Waals surface area (Å²) in [5, 5.41) is 13.4. The van der Waals surface area contributed by atoms with Crippen molar-refractivity contribution in [1.29, 1.82) is 0 Å². The first-order valence-electron chi connectivity index (χ1n) is 10.9. The van der Waals surface area contributed by atoms with Gasteiger partial charge in [0.25, 0.3) is 5.91 Å². The number of Topliss-reactive ketones (excluding diaryl/α,β-unsaturated/α-hetero) is 1. The second-order valence-electron chi connectivity index (χ2n) is 7.55. The average molecular weight is 423 g/mol. The fraction of sp³-hybridized carbons (Fsp3) is 0.360. The molecule has 2 aromatic carbocycles. The van der Waals surface area contributed by atoms with Crippen LogP contribution in [0.3, 0.4) is 0 Å². The van der Waals surface area contributed by atoms with E-state index < -0.39 is 23.5 Å². The monoisotopic (exact) mass is 422 g/mol. The van der Waals surface area contributed by atoms with Gasteiger partial charge < -0.3 is 19.6 Å². The Morgan fingerprint density at radius 3 is 2.23 bits per heavy atom. The van der Waals surface area contributed by atoms with E-state index in [9.17, 15) is 14.7 Å². The number of hydrogen-bond acceptors (Lipinski definition) is 4. The van der Waals surface area contributed by atoms with Gasteiger partial charge in [-0.2, -0.15) is 0 Å². The molecule has 6 nitrogen and oxygen atoms in total. The number of carbonyl (C=O) groups excluding carboxylic acids is 2. The molecular weight excluding hydrogens is 392 g/mol. The minimum Gasteiger partial charge on any atom is -0.872 e. The third kappa shape index (κ3) is 4.80. The smallest absolute Gasteiger partial charge is 0.295 e. The van der Waals surface area contributed by atoms with Gasteiger partial charge in [-0.25, -0.2) is 0 Å². The Labute approximate surface area is 183 Å². The van der Waals surface area contributed by atoms with Crippen LogP contribution in [0, 0.1) is 0 Å². The van der Waals surface area contributed by atoms with Crippen LogP contribution >= 0.6 is 0 Å². The van der Waals surface area contributed by atoms with E-state index in [1.807, 2.05) is 37.3 Å². The lowest BCUT2D eigenvalue weighted by atomic mass is 9.95. The maximum atomic E-state index is 13.4. The highest BCUT2D eigenvalue weighted by atomic mass is 16.5. The van der Waals surface area contributed by atoms with Gasteiger partial charge in [-0.1, -0.05) is 48.2 Å². The Kier molecular flexibility index (Phi) is 7.47. The van der Waals surface area contributed by atoms with Crippen LogP contribution in [0.2, 0.25) is 0 Å². The average Bonchev–Trinajstić information content (AvgIpc) is 3.05. The van der Waals surface area contributed by atoms with E-state index in [2.05, 4.69) is 13.8 Å². The number of nitrogens with one attached hydrogen (secondary N) is 1. The molecule has 0 radical (unpaired) electrons. The van der Waals surface area contributed by atoms with Crippen LogP contribution in [0.1, 0.15) is 37.9 Å². The molecule has 1 heterocycles. The SMILES string of the molecule is CCOc1ccc(C([O-])=C2C(=O)C(=O)N(CC[NH+](CC)CC)C2c2ccccc2)cc1. The number of ether oxygens (including phenoxy) is 1. The molecule has 0 aromatic heterocycles. The molecule has 6 heteroatoms. The molecule has 1 atom stereocenters. The Morgan fingerprint density at radius 2 is 1.65 bits per heavy atom. The molecule has 31 heavy (non-hydrogen) atoms. The Balaban J connectivity index is 2.03. The van der Waals surface area contributed by atoms with Crippen LogP contribution in [-0.4, -0.2) is 49.4 Å². The summed E-state index contributed by atoms with van der Waals surface area (Å²) < 4.78 is 5.44. The number of amides is 1. The van der Waals surface area contributed by atoms with Crippen molar-refractivity contribution in [2.24, 2.45) is 0 Å². The van der Waals surface area contributed by atoms with Crippen LogP contribution in [0.5, 0.6) is 5.75 Å². The first-order chi connectivity index (χ1) is 15.0. The van der Waals surface area contributed by atoms with Crippen molar-refractivity contribution < 1.29 is 24.3 Å². The minimum absolute atomic E-state index is 0.0231. The predicted octanol–water partition coefficient (Wildman–Crippen LogP) is 1.23. The summed E-state index contributed by atoms with van der Waals surface area (Å²) in [6.45, 7) is 9.61. The topological polar surface area (TPSA) is 74.1 Å². The number of nitrogens with zero attached hydrogens (tertiary/aromatic N) is 1. The summed E-state index contributed by atoms with van der Waals surface area (Å²) in [7, 11) is 0. The van der Waals surface area contributed by atoms with Gasteiger partial charge in [0, 0.05) is 5.57 Å². The van der Waals surface area contributed by atoms with Crippen molar-refractivity contribution >= 4 is 17.4 Å². The molecule has 2 aromatic rings. The number of carbonyl (C=O) groups is 2. The summed E-state index contributed by atoms with van der Waals surface area (Å²) in [4.78, 5) is 28.8. The van der Waals surface area contributed by atoms with Gasteiger partial charge in [-0.15, -0.1) is 0 Å². The highest BCUT2D eigenvalue weighted by Gasteiger charge is 2.44. The maximum absolute atomic E-state index is 13.4. The van der Waals surface area contributed by atoms with E-state index in [1.165, 1.54) is 4.90 Å². The molecule has 1 aliphatic heterocycles. The zero-order valence-electron chi connectivity index (χ0n) is 18.4. The molecule has 164 valence electrons. The van der Waals surface area contributed by atoms with Crippen LogP contribution in [0.4, 0.5) is 0 Å². The molecular formula is C25H30N2O4. The van der Waals surface area contributed by atoms with Crippen molar-refractivity contribution in [2.75, 3.05) is 32.8 Å². The van der Waals surface area contributed by atoms with E-state index in [-0.39, 0.29) is 5.57 Å². The van der Waals surface area contributed by atoms with Gasteiger partial charge in [0.1, 0.15) is 5.75 Å². The molecule has 1 amide bonds. The number of likely N-dealkylation sites (N-methyl/N-ethyl adjacent to an activating group) is 1. The van der Waals surface area contributed by atoms with Gasteiger partial charge >= 0.3 is 0 Å². The highest BCUT2D eigenvalue weighted by Crippen LogP contribution is 2.38. The molecule has 1 saturated heterocycles. The van der Waals surface area contributed by atoms with Gasteiger partial charge in [0.2, 0.25) is 5.78 Å². The van der Waals surface area contributed by atoms with Crippen LogP contribution < -0.4 is 14.7 Å². The normalized spacial score (nSPS) is 18.1. The summed E-state index contributed by atoms with van der Waals surface area (Å²) in [5.41, 5.74) is 1.16. The fourth-order valence-electron chi connectivity index (χ4n) is 3.99. The molecule has 0 saturated carbocycles. The van der Waals surface area contributed by atoms with Crippen molar-refractivity contribution in [3.05, 3.63) is 71.3 Å². The summed E-state index contributed by atoms with van der Waals surface area (Å²) >= 11 is 0. The van der Waals surface area contributed by atoms with E-state index >= 15 is 0 Å². The van der Waals surface area contributed by atoms with E-state index in [1.54, 1.807) is 29.2 Å². The largest absolute Gasteiger partial charge is 0.872 e. The zero-order chi connectivity index (χ0) is 22.4. The lowest BCUT2D eigenvalue weighted by Gasteiger charge is -2.28. The van der Waals surface area contributed by atoms with Crippen molar-refractivity contribution in [2.45, 2.75) is 26.8 Å². The third-order valence-electron chi connectivity index (χ3n) is 5.78. The number of rotatable bonds is 9. The van der Waals surface area contributed by atoms with Crippen molar-refractivity contribution in [3.8, 4) is 5.75 Å². The van der Waals surface area contributed by atoms with Crippen molar-refractivity contribution in [1.82, 2.24) is 4.90 Å². The second kappa shape index (κ2) is 10.3. The van der Waals surface area contributed by atoms with Crippen LogP contribution in [0.15, 0.2) is 60.2 Å². The van der Waals surface area contributed by atoms with E-state index in [0.717, 1.165) is 25.2 Å². The first-order valence-corrected chi connectivity index (χ1v) is 10.9.